The summed E-state index contributed by atoms with van der Waals surface area (Å²) in [6.45, 7) is 2.93. The number of aromatic amines is 1. The number of rotatable bonds is 16. The summed E-state index contributed by atoms with van der Waals surface area (Å²) in [6.07, 6.45) is 18.9. The van der Waals surface area contributed by atoms with E-state index in [4.69, 9.17) is 4.74 Å². The van der Waals surface area contributed by atoms with Gasteiger partial charge in [-0.15, -0.1) is 5.10 Å². The van der Waals surface area contributed by atoms with Gasteiger partial charge in [0, 0.05) is 0 Å². The van der Waals surface area contributed by atoms with Gasteiger partial charge in [-0.1, -0.05) is 103 Å². The summed E-state index contributed by atoms with van der Waals surface area (Å²) >= 11 is 0. The first-order valence-corrected chi connectivity index (χ1v) is 11.4. The van der Waals surface area contributed by atoms with Gasteiger partial charge in [-0.3, -0.25) is 4.79 Å². The van der Waals surface area contributed by atoms with Crippen LogP contribution >= 0.6 is 0 Å². The molecule has 28 heavy (non-hydrogen) atoms. The molecule has 0 saturated carbocycles. The van der Waals surface area contributed by atoms with Crippen molar-refractivity contribution in [1.29, 1.82) is 0 Å². The first-order valence-electron chi connectivity index (χ1n) is 11.4. The lowest BCUT2D eigenvalue weighted by molar-refractivity contribution is 0.293. The van der Waals surface area contributed by atoms with Gasteiger partial charge < -0.3 is 4.74 Å². The number of fused-ring (bicyclic) bond motifs is 1. The number of unbranched alkanes of at least 4 members (excludes halogenated alkanes) is 13. The zero-order valence-electron chi connectivity index (χ0n) is 17.7. The van der Waals surface area contributed by atoms with Crippen molar-refractivity contribution in [2.24, 2.45) is 0 Å². The van der Waals surface area contributed by atoms with Crippen molar-refractivity contribution in [2.45, 2.75) is 96.8 Å². The molecule has 1 N–H and O–H groups in total. The lowest BCUT2D eigenvalue weighted by atomic mass is 10.0. The van der Waals surface area contributed by atoms with Crippen LogP contribution in [0.15, 0.2) is 29.1 Å². The topological polar surface area (TPSA) is 55.0 Å². The number of H-pyrrole nitrogens is 1. The molecule has 0 spiro atoms. The zero-order valence-corrected chi connectivity index (χ0v) is 17.7. The minimum absolute atomic E-state index is 0.167. The second-order valence-electron chi connectivity index (χ2n) is 7.85. The van der Waals surface area contributed by atoms with E-state index in [9.17, 15) is 4.79 Å². The molecule has 0 aliphatic rings. The summed E-state index contributed by atoms with van der Waals surface area (Å²) in [7, 11) is 0. The monoisotopic (exact) mass is 386 g/mol. The van der Waals surface area contributed by atoms with E-state index in [2.05, 4.69) is 17.1 Å². The summed E-state index contributed by atoms with van der Waals surface area (Å²) in [4.78, 5) is 11.8. The first kappa shape index (κ1) is 22.4. The molecule has 1 aromatic carbocycles. The average molecular weight is 387 g/mol. The maximum absolute atomic E-state index is 11.8. The Labute approximate surface area is 170 Å². The molecule has 0 radical (unpaired) electrons. The molecule has 1 heterocycles. The van der Waals surface area contributed by atoms with Gasteiger partial charge in [0.2, 0.25) is 5.88 Å². The predicted molar refractivity (Wildman–Crippen MR) is 118 cm³/mol. The molecule has 1 aromatic heterocycles. The number of hydrogen-bond acceptors (Lipinski definition) is 3. The minimum Gasteiger partial charge on any atom is -0.476 e. The van der Waals surface area contributed by atoms with Gasteiger partial charge in [0.15, 0.2) is 0 Å². The molecule has 0 atom stereocenters. The Morgan fingerprint density at radius 2 is 1.25 bits per heavy atom. The maximum Gasteiger partial charge on any atom is 0.272 e. The van der Waals surface area contributed by atoms with E-state index in [-0.39, 0.29) is 5.56 Å². The molecule has 2 aromatic rings. The Balaban J connectivity index is 1.44. The molecule has 2 rings (SSSR count). The van der Waals surface area contributed by atoms with Crippen molar-refractivity contribution in [2.75, 3.05) is 6.61 Å². The van der Waals surface area contributed by atoms with E-state index in [0.29, 0.717) is 17.9 Å². The largest absolute Gasteiger partial charge is 0.476 e. The quantitative estimate of drug-likeness (QED) is 0.323. The summed E-state index contributed by atoms with van der Waals surface area (Å²) in [5.74, 6) is 0.532. The molecular formula is C24H38N2O2. The smallest absolute Gasteiger partial charge is 0.272 e. The number of aromatic nitrogens is 2. The minimum atomic E-state index is -0.167. The first-order chi connectivity index (χ1) is 13.8. The van der Waals surface area contributed by atoms with Gasteiger partial charge in [0.05, 0.1) is 17.4 Å². The van der Waals surface area contributed by atoms with Crippen LogP contribution in [0.25, 0.3) is 10.8 Å². The third kappa shape index (κ3) is 8.45. The summed E-state index contributed by atoms with van der Waals surface area (Å²) in [6, 6.07) is 7.45. The Morgan fingerprint density at radius 3 is 1.82 bits per heavy atom. The van der Waals surface area contributed by atoms with E-state index < -0.39 is 0 Å². The average Bonchev–Trinajstić information content (AvgIpc) is 2.72. The summed E-state index contributed by atoms with van der Waals surface area (Å²) < 4.78 is 5.80. The van der Waals surface area contributed by atoms with Crippen molar-refractivity contribution >= 4 is 10.8 Å². The SMILES string of the molecule is CCCCCCCCCCCCCCCCOc1n[nH]c(=O)c2ccccc12. The highest BCUT2D eigenvalue weighted by molar-refractivity contribution is 5.85. The van der Waals surface area contributed by atoms with Gasteiger partial charge in [0.25, 0.3) is 5.56 Å². The fourth-order valence-corrected chi connectivity index (χ4v) is 3.67. The molecule has 0 aliphatic heterocycles. The number of ether oxygens (including phenoxy) is 1. The van der Waals surface area contributed by atoms with Crippen molar-refractivity contribution in [3.05, 3.63) is 34.6 Å². The number of benzene rings is 1. The molecule has 4 nitrogen and oxygen atoms in total. The van der Waals surface area contributed by atoms with Crippen LogP contribution in [0.3, 0.4) is 0 Å². The molecule has 0 bridgehead atoms. The molecule has 0 amide bonds. The van der Waals surface area contributed by atoms with E-state index >= 15 is 0 Å². The fraction of sp³-hybridized carbons (Fsp3) is 0.667. The Hall–Kier alpha value is -1.84. The maximum atomic E-state index is 11.8. The molecule has 4 heteroatoms. The van der Waals surface area contributed by atoms with Crippen molar-refractivity contribution in [1.82, 2.24) is 10.2 Å². The van der Waals surface area contributed by atoms with Crippen molar-refractivity contribution < 1.29 is 4.74 Å². The summed E-state index contributed by atoms with van der Waals surface area (Å²) in [5, 5.41) is 7.99. The number of nitrogens with zero attached hydrogens (tertiary/aromatic N) is 1. The van der Waals surface area contributed by atoms with Crippen molar-refractivity contribution in [3.8, 4) is 5.88 Å². The van der Waals surface area contributed by atoms with E-state index in [0.717, 1.165) is 11.8 Å². The highest BCUT2D eigenvalue weighted by Gasteiger charge is 2.06. The Morgan fingerprint density at radius 1 is 0.750 bits per heavy atom. The summed E-state index contributed by atoms with van der Waals surface area (Å²) in [5.41, 5.74) is -0.167. The lowest BCUT2D eigenvalue weighted by Crippen LogP contribution is -2.10. The third-order valence-electron chi connectivity index (χ3n) is 5.40. The number of hydrogen-bond donors (Lipinski definition) is 1. The second-order valence-corrected chi connectivity index (χ2v) is 7.85. The van der Waals surface area contributed by atoms with Crippen LogP contribution in [-0.4, -0.2) is 16.8 Å². The van der Waals surface area contributed by atoms with Crippen LogP contribution < -0.4 is 10.3 Å². The predicted octanol–water partition coefficient (Wildman–Crippen LogP) is 6.78. The van der Waals surface area contributed by atoms with Gasteiger partial charge >= 0.3 is 0 Å². The van der Waals surface area contributed by atoms with Gasteiger partial charge in [-0.05, 0) is 18.6 Å². The van der Waals surface area contributed by atoms with E-state index in [1.54, 1.807) is 6.07 Å². The molecule has 0 aliphatic carbocycles. The van der Waals surface area contributed by atoms with Gasteiger partial charge in [0.1, 0.15) is 0 Å². The number of nitrogens with one attached hydrogen (secondary N) is 1. The van der Waals surface area contributed by atoms with Gasteiger partial charge in [-0.25, -0.2) is 5.10 Å². The van der Waals surface area contributed by atoms with Crippen molar-refractivity contribution in [3.63, 3.8) is 0 Å². The van der Waals surface area contributed by atoms with Crippen LogP contribution in [0.5, 0.6) is 5.88 Å². The standard InChI is InChI=1S/C24H38N2O2/c1-2-3-4-5-6-7-8-9-10-11-12-13-14-17-20-28-24-22-19-16-15-18-21(22)23(27)25-26-24/h15-16,18-19H,2-14,17,20H2,1H3,(H,25,27). The van der Waals surface area contributed by atoms with Crippen LogP contribution in [0, 0.1) is 0 Å². The van der Waals surface area contributed by atoms with Crippen LogP contribution in [0.1, 0.15) is 96.8 Å². The van der Waals surface area contributed by atoms with Crippen LogP contribution in [0.4, 0.5) is 0 Å². The Bertz CT molecular complexity index is 711. The van der Waals surface area contributed by atoms with Crippen LogP contribution in [0.2, 0.25) is 0 Å². The van der Waals surface area contributed by atoms with E-state index in [1.165, 1.54) is 83.5 Å². The Kier molecular flexibility index (Phi) is 11.4. The fourth-order valence-electron chi connectivity index (χ4n) is 3.67. The molecular weight excluding hydrogens is 348 g/mol. The molecule has 0 fully saturated rings. The molecule has 156 valence electrons. The normalized spacial score (nSPS) is 11.2. The highest BCUT2D eigenvalue weighted by Crippen LogP contribution is 2.19. The van der Waals surface area contributed by atoms with E-state index in [1.807, 2.05) is 18.2 Å². The molecule has 0 saturated heterocycles. The second kappa shape index (κ2) is 14.2. The van der Waals surface area contributed by atoms with Crippen LogP contribution in [-0.2, 0) is 0 Å². The lowest BCUT2D eigenvalue weighted by Gasteiger charge is -2.07. The van der Waals surface area contributed by atoms with Gasteiger partial charge in [-0.2, -0.15) is 0 Å². The molecule has 0 unspecified atom stereocenters. The highest BCUT2D eigenvalue weighted by atomic mass is 16.5. The zero-order chi connectivity index (χ0) is 19.9. The third-order valence-corrected chi connectivity index (χ3v) is 5.40.